The van der Waals surface area contributed by atoms with E-state index in [4.69, 9.17) is 15.4 Å². The quantitative estimate of drug-likeness (QED) is 0.801. The van der Waals surface area contributed by atoms with Gasteiger partial charge in [-0.05, 0) is 6.92 Å². The Bertz CT molecular complexity index is 558. The molecule has 0 bridgehead atoms. The van der Waals surface area contributed by atoms with Gasteiger partial charge in [-0.2, -0.15) is 0 Å². The lowest BCUT2D eigenvalue weighted by atomic mass is 10.3. The van der Waals surface area contributed by atoms with Crippen LogP contribution in [0.2, 0.25) is 0 Å². The first-order valence-electron chi connectivity index (χ1n) is 4.30. The van der Waals surface area contributed by atoms with Crippen LogP contribution in [-0.2, 0) is 9.05 Å². The van der Waals surface area contributed by atoms with Crippen LogP contribution >= 0.6 is 10.7 Å². The number of aryl methyl sites for hydroxylation is 1. The first kappa shape index (κ1) is 14.8. The van der Waals surface area contributed by atoms with E-state index in [1.165, 1.54) is 6.92 Å². The van der Waals surface area contributed by atoms with Gasteiger partial charge in [0.15, 0.2) is 4.90 Å². The fourth-order valence-electron chi connectivity index (χ4n) is 1.20. The smallest absolute Gasteiger partial charge is 0.495 e. The van der Waals surface area contributed by atoms with E-state index in [2.05, 4.69) is 9.72 Å². The van der Waals surface area contributed by atoms with Crippen LogP contribution in [0.25, 0.3) is 0 Å². The second-order valence-corrected chi connectivity index (χ2v) is 5.60. The molecule has 5 nitrogen and oxygen atoms in total. The molecular weight excluding hydrogens is 299 g/mol. The predicted octanol–water partition coefficient (Wildman–Crippen LogP) is 2.22. The molecule has 18 heavy (non-hydrogen) atoms. The zero-order valence-corrected chi connectivity index (χ0v) is 10.7. The Balaban J connectivity index is 3.54. The van der Waals surface area contributed by atoms with Crippen molar-refractivity contribution in [1.29, 1.82) is 0 Å². The third-order valence-electron chi connectivity index (χ3n) is 1.79. The average Bonchev–Trinajstić information content (AvgIpc) is 2.16. The van der Waals surface area contributed by atoms with Crippen molar-refractivity contribution in [2.75, 3.05) is 7.11 Å². The third kappa shape index (κ3) is 3.39. The standard InChI is InChI=1S/C8H7ClF3NO4S/c1-4-3-13-7(17-8(10,11)12)6(5(4)16-2)18(9,14)15/h3H,1-2H3. The summed E-state index contributed by atoms with van der Waals surface area (Å²) in [5.41, 5.74) is 0.200. The molecule has 1 aromatic rings. The maximum atomic E-state index is 12.1. The maximum absolute atomic E-state index is 12.1. The first-order valence-corrected chi connectivity index (χ1v) is 6.61. The molecule has 1 heterocycles. The Hall–Kier alpha value is -1.22. The molecule has 1 aromatic heterocycles. The molecule has 0 fully saturated rings. The van der Waals surface area contributed by atoms with E-state index >= 15 is 0 Å². The normalized spacial score (nSPS) is 12.3. The monoisotopic (exact) mass is 305 g/mol. The number of alkyl halides is 3. The number of hydrogen-bond acceptors (Lipinski definition) is 5. The molecule has 0 radical (unpaired) electrons. The van der Waals surface area contributed by atoms with Crippen LogP contribution in [0.5, 0.6) is 11.6 Å². The number of nitrogens with zero attached hydrogens (tertiary/aromatic N) is 1. The minimum absolute atomic E-state index is 0.200. The predicted molar refractivity (Wildman–Crippen MR) is 55.2 cm³/mol. The fraction of sp³-hybridized carbons (Fsp3) is 0.375. The van der Waals surface area contributed by atoms with E-state index < -0.39 is 26.2 Å². The summed E-state index contributed by atoms with van der Waals surface area (Å²) in [6.45, 7) is 1.40. The second kappa shape index (κ2) is 4.81. The van der Waals surface area contributed by atoms with E-state index in [1.54, 1.807) is 0 Å². The summed E-state index contributed by atoms with van der Waals surface area (Å²) in [5.74, 6) is -1.53. The van der Waals surface area contributed by atoms with Crippen molar-refractivity contribution < 1.29 is 31.1 Å². The molecular formula is C8H7ClF3NO4S. The van der Waals surface area contributed by atoms with Crippen LogP contribution in [0.15, 0.2) is 11.1 Å². The lowest BCUT2D eigenvalue weighted by Crippen LogP contribution is -2.20. The third-order valence-corrected chi connectivity index (χ3v) is 3.10. The number of methoxy groups -OCH3 is 1. The Morgan fingerprint density at radius 1 is 1.39 bits per heavy atom. The molecule has 0 atom stereocenters. The number of pyridine rings is 1. The van der Waals surface area contributed by atoms with Crippen molar-refractivity contribution in [3.05, 3.63) is 11.8 Å². The van der Waals surface area contributed by atoms with Gasteiger partial charge in [-0.15, -0.1) is 13.2 Å². The van der Waals surface area contributed by atoms with Crippen molar-refractivity contribution >= 4 is 19.7 Å². The summed E-state index contributed by atoms with van der Waals surface area (Å²) in [5, 5.41) is 0. The molecule has 0 aromatic carbocycles. The summed E-state index contributed by atoms with van der Waals surface area (Å²) in [7, 11) is 1.63. The molecule has 0 aliphatic carbocycles. The highest BCUT2D eigenvalue weighted by molar-refractivity contribution is 8.13. The molecule has 0 amide bonds. The van der Waals surface area contributed by atoms with Crippen LogP contribution in [0.4, 0.5) is 13.2 Å². The van der Waals surface area contributed by atoms with E-state index in [0.29, 0.717) is 0 Å². The molecule has 0 aliphatic heterocycles. The minimum Gasteiger partial charge on any atom is -0.495 e. The summed E-state index contributed by atoms with van der Waals surface area (Å²) < 4.78 is 67.1. The van der Waals surface area contributed by atoms with Gasteiger partial charge in [0.25, 0.3) is 9.05 Å². The molecule has 0 aliphatic rings. The number of hydrogen-bond donors (Lipinski definition) is 0. The summed E-state index contributed by atoms with van der Waals surface area (Å²) in [4.78, 5) is 2.30. The van der Waals surface area contributed by atoms with Crippen LogP contribution < -0.4 is 9.47 Å². The van der Waals surface area contributed by atoms with E-state index in [-0.39, 0.29) is 11.3 Å². The molecule has 0 saturated heterocycles. The Kier molecular flexibility index (Phi) is 3.96. The SMILES string of the molecule is COc1c(C)cnc(OC(F)(F)F)c1S(=O)(=O)Cl. The van der Waals surface area contributed by atoms with Gasteiger partial charge in [0.1, 0.15) is 5.75 Å². The van der Waals surface area contributed by atoms with Crippen molar-refractivity contribution in [1.82, 2.24) is 4.98 Å². The average molecular weight is 306 g/mol. The van der Waals surface area contributed by atoms with Crippen molar-refractivity contribution in [3.63, 3.8) is 0 Å². The minimum atomic E-state index is -5.09. The molecule has 102 valence electrons. The lowest BCUT2D eigenvalue weighted by molar-refractivity contribution is -0.277. The lowest BCUT2D eigenvalue weighted by Gasteiger charge is -2.14. The Labute approximate surface area is 105 Å². The van der Waals surface area contributed by atoms with Crippen LogP contribution in [0.3, 0.4) is 0 Å². The van der Waals surface area contributed by atoms with Gasteiger partial charge in [-0.3, -0.25) is 0 Å². The zero-order valence-electron chi connectivity index (χ0n) is 9.08. The topological polar surface area (TPSA) is 65.5 Å². The van der Waals surface area contributed by atoms with Crippen molar-refractivity contribution in [3.8, 4) is 11.6 Å². The second-order valence-electron chi connectivity index (χ2n) is 3.09. The van der Waals surface area contributed by atoms with E-state index in [1.807, 2.05) is 0 Å². The maximum Gasteiger partial charge on any atom is 0.574 e. The summed E-state index contributed by atoms with van der Waals surface area (Å²) >= 11 is 0. The molecule has 0 saturated carbocycles. The van der Waals surface area contributed by atoms with Crippen LogP contribution in [0, 0.1) is 6.92 Å². The van der Waals surface area contributed by atoms with Gasteiger partial charge in [-0.1, -0.05) is 0 Å². The first-order chi connectivity index (χ1) is 8.06. The van der Waals surface area contributed by atoms with Gasteiger partial charge in [0.2, 0.25) is 5.88 Å². The van der Waals surface area contributed by atoms with Gasteiger partial charge in [0, 0.05) is 22.4 Å². The fourth-order valence-corrected chi connectivity index (χ4v) is 2.38. The van der Waals surface area contributed by atoms with Gasteiger partial charge in [-0.25, -0.2) is 13.4 Å². The Morgan fingerprint density at radius 3 is 2.33 bits per heavy atom. The highest BCUT2D eigenvalue weighted by Crippen LogP contribution is 2.38. The van der Waals surface area contributed by atoms with Crippen LogP contribution in [0.1, 0.15) is 5.56 Å². The molecule has 1 rings (SSSR count). The van der Waals surface area contributed by atoms with Gasteiger partial charge in [0.05, 0.1) is 7.11 Å². The summed E-state index contributed by atoms with van der Waals surface area (Å²) in [6, 6.07) is 0. The highest BCUT2D eigenvalue weighted by atomic mass is 35.7. The van der Waals surface area contributed by atoms with Crippen molar-refractivity contribution in [2.45, 2.75) is 18.2 Å². The molecule has 10 heteroatoms. The molecule has 0 unspecified atom stereocenters. The highest BCUT2D eigenvalue weighted by Gasteiger charge is 2.36. The summed E-state index contributed by atoms with van der Waals surface area (Å²) in [6.07, 6.45) is -4.12. The number of rotatable bonds is 3. The van der Waals surface area contributed by atoms with E-state index in [0.717, 1.165) is 13.3 Å². The zero-order chi connectivity index (χ0) is 14.1. The Morgan fingerprint density at radius 2 is 1.94 bits per heavy atom. The molecule has 0 spiro atoms. The van der Waals surface area contributed by atoms with E-state index in [9.17, 15) is 21.6 Å². The molecule has 0 N–H and O–H groups in total. The number of ether oxygens (including phenoxy) is 2. The van der Waals surface area contributed by atoms with Crippen LogP contribution in [-0.4, -0.2) is 26.9 Å². The number of aromatic nitrogens is 1. The largest absolute Gasteiger partial charge is 0.574 e. The van der Waals surface area contributed by atoms with Crippen molar-refractivity contribution in [2.24, 2.45) is 0 Å². The van der Waals surface area contributed by atoms with Gasteiger partial charge < -0.3 is 9.47 Å². The van der Waals surface area contributed by atoms with Gasteiger partial charge >= 0.3 is 6.36 Å². The number of halogens is 4.